The van der Waals surface area contributed by atoms with E-state index < -0.39 is 0 Å². The normalized spacial score (nSPS) is 21.1. The molecular formula is C31H49N3O7. The van der Waals surface area contributed by atoms with E-state index in [2.05, 4.69) is 5.32 Å². The van der Waals surface area contributed by atoms with Crippen LogP contribution in [0.5, 0.6) is 11.5 Å². The topological polar surface area (TPSA) is 98.8 Å². The third kappa shape index (κ3) is 8.96. The highest BCUT2D eigenvalue weighted by molar-refractivity contribution is 5.95. The molecule has 0 spiro atoms. The minimum Gasteiger partial charge on any atom is -0.493 e. The van der Waals surface area contributed by atoms with E-state index in [1.807, 2.05) is 23.6 Å². The lowest BCUT2D eigenvalue weighted by atomic mass is 9.95. The molecule has 230 valence electrons. The number of carbonyl (C=O) groups excluding carboxylic acids is 2. The molecule has 1 saturated carbocycles. The zero-order valence-electron chi connectivity index (χ0n) is 25.3. The Labute approximate surface area is 244 Å². The van der Waals surface area contributed by atoms with Gasteiger partial charge in [0.1, 0.15) is 0 Å². The van der Waals surface area contributed by atoms with Gasteiger partial charge in [-0.15, -0.1) is 0 Å². The number of ether oxygens (including phenoxy) is 5. The molecule has 3 fully saturated rings. The van der Waals surface area contributed by atoms with E-state index in [0.717, 1.165) is 65.0 Å². The molecule has 0 aromatic heterocycles. The summed E-state index contributed by atoms with van der Waals surface area (Å²) in [4.78, 5) is 30.7. The van der Waals surface area contributed by atoms with E-state index in [-0.39, 0.29) is 29.9 Å². The fraction of sp³-hybridized carbons (Fsp3) is 0.742. The van der Waals surface area contributed by atoms with Crippen LogP contribution in [-0.2, 0) is 14.2 Å². The molecule has 0 bridgehead atoms. The molecule has 10 nitrogen and oxygen atoms in total. The molecule has 2 atom stereocenters. The predicted octanol–water partition coefficient (Wildman–Crippen LogP) is 3.82. The third-order valence-electron chi connectivity index (χ3n) is 8.39. The maximum atomic E-state index is 13.7. The number of benzene rings is 1. The SMILES string of the molecule is COCCCOc1cc(C(=O)N(C[C@@H]2CNC[C@H]2COC(=O)N(CC2CCOCC2)C2CC2)C(C)C)ccc1OC. The highest BCUT2D eigenvalue weighted by Crippen LogP contribution is 2.31. The lowest BCUT2D eigenvalue weighted by Gasteiger charge is -2.32. The minimum absolute atomic E-state index is 0.00399. The fourth-order valence-corrected chi connectivity index (χ4v) is 5.68. The summed E-state index contributed by atoms with van der Waals surface area (Å²) >= 11 is 0. The van der Waals surface area contributed by atoms with Crippen LogP contribution >= 0.6 is 0 Å². The molecule has 1 aliphatic carbocycles. The average Bonchev–Trinajstić information content (AvgIpc) is 3.73. The lowest BCUT2D eigenvalue weighted by Crippen LogP contribution is -2.43. The van der Waals surface area contributed by atoms with Crippen molar-refractivity contribution in [1.29, 1.82) is 0 Å². The first-order valence-corrected chi connectivity index (χ1v) is 15.2. The maximum Gasteiger partial charge on any atom is 0.410 e. The number of hydrogen-bond donors (Lipinski definition) is 1. The van der Waals surface area contributed by atoms with Crippen molar-refractivity contribution >= 4 is 12.0 Å². The number of nitrogens with zero attached hydrogens (tertiary/aromatic N) is 2. The van der Waals surface area contributed by atoms with Crippen molar-refractivity contribution in [3.8, 4) is 11.5 Å². The van der Waals surface area contributed by atoms with E-state index in [9.17, 15) is 9.59 Å². The molecule has 3 aliphatic rings. The molecular weight excluding hydrogens is 526 g/mol. The van der Waals surface area contributed by atoms with Crippen molar-refractivity contribution in [2.75, 3.05) is 73.4 Å². The van der Waals surface area contributed by atoms with Crippen LogP contribution in [0.25, 0.3) is 0 Å². The number of carbonyl (C=O) groups is 2. The average molecular weight is 576 g/mol. The molecule has 41 heavy (non-hydrogen) atoms. The van der Waals surface area contributed by atoms with Gasteiger partial charge >= 0.3 is 6.09 Å². The molecule has 2 aliphatic heterocycles. The van der Waals surface area contributed by atoms with Gasteiger partial charge < -0.3 is 38.8 Å². The Morgan fingerprint density at radius 2 is 1.76 bits per heavy atom. The molecule has 2 amide bonds. The number of nitrogens with one attached hydrogen (secondary N) is 1. The van der Waals surface area contributed by atoms with Crippen LogP contribution in [0.2, 0.25) is 0 Å². The summed E-state index contributed by atoms with van der Waals surface area (Å²) in [5, 5.41) is 3.45. The van der Waals surface area contributed by atoms with Gasteiger partial charge in [-0.05, 0) is 69.6 Å². The minimum atomic E-state index is -0.197. The Hall–Kier alpha value is -2.56. The summed E-state index contributed by atoms with van der Waals surface area (Å²) in [6, 6.07) is 5.65. The van der Waals surface area contributed by atoms with Crippen LogP contribution in [0.3, 0.4) is 0 Å². The first kappa shape index (κ1) is 31.4. The number of rotatable bonds is 15. The molecule has 2 saturated heterocycles. The van der Waals surface area contributed by atoms with Gasteiger partial charge in [0.25, 0.3) is 5.91 Å². The second kappa shape index (κ2) is 15.6. The van der Waals surface area contributed by atoms with Crippen molar-refractivity contribution < 1.29 is 33.3 Å². The summed E-state index contributed by atoms with van der Waals surface area (Å²) in [6.45, 7) is 9.93. The first-order valence-electron chi connectivity index (χ1n) is 15.2. The van der Waals surface area contributed by atoms with Crippen molar-refractivity contribution in [2.45, 2.75) is 58.0 Å². The zero-order valence-corrected chi connectivity index (χ0v) is 25.3. The van der Waals surface area contributed by atoms with E-state index in [0.29, 0.717) is 55.4 Å². The highest BCUT2D eigenvalue weighted by atomic mass is 16.6. The predicted molar refractivity (Wildman–Crippen MR) is 156 cm³/mol. The van der Waals surface area contributed by atoms with Crippen LogP contribution < -0.4 is 14.8 Å². The van der Waals surface area contributed by atoms with Gasteiger partial charge in [0.15, 0.2) is 11.5 Å². The third-order valence-corrected chi connectivity index (χ3v) is 8.39. The molecule has 0 unspecified atom stereocenters. The molecule has 10 heteroatoms. The smallest absolute Gasteiger partial charge is 0.410 e. The Morgan fingerprint density at radius 3 is 2.44 bits per heavy atom. The molecule has 2 heterocycles. The molecule has 0 radical (unpaired) electrons. The second-order valence-corrected chi connectivity index (χ2v) is 11.8. The Morgan fingerprint density at radius 1 is 1.00 bits per heavy atom. The van der Waals surface area contributed by atoms with Gasteiger partial charge in [-0.3, -0.25) is 4.79 Å². The van der Waals surface area contributed by atoms with Crippen LogP contribution in [-0.4, -0.2) is 107 Å². The van der Waals surface area contributed by atoms with E-state index >= 15 is 0 Å². The van der Waals surface area contributed by atoms with E-state index in [1.54, 1.807) is 32.4 Å². The molecule has 4 rings (SSSR count). The van der Waals surface area contributed by atoms with Crippen molar-refractivity contribution in [1.82, 2.24) is 15.1 Å². The van der Waals surface area contributed by atoms with Gasteiger partial charge in [0.05, 0.1) is 20.3 Å². The van der Waals surface area contributed by atoms with Crippen molar-refractivity contribution in [2.24, 2.45) is 17.8 Å². The monoisotopic (exact) mass is 575 g/mol. The number of amides is 2. The highest BCUT2D eigenvalue weighted by Gasteiger charge is 2.37. The van der Waals surface area contributed by atoms with Gasteiger partial charge in [-0.25, -0.2) is 4.79 Å². The summed E-state index contributed by atoms with van der Waals surface area (Å²) in [5.41, 5.74) is 0.559. The summed E-state index contributed by atoms with van der Waals surface area (Å²) < 4.78 is 27.9. The zero-order chi connectivity index (χ0) is 29.2. The van der Waals surface area contributed by atoms with Gasteiger partial charge in [0.2, 0.25) is 0 Å². The number of hydrogen-bond acceptors (Lipinski definition) is 8. The van der Waals surface area contributed by atoms with E-state index in [1.165, 1.54) is 0 Å². The number of methoxy groups -OCH3 is 2. The summed E-state index contributed by atoms with van der Waals surface area (Å²) in [5.74, 6) is 1.90. The molecule has 1 N–H and O–H groups in total. The van der Waals surface area contributed by atoms with Crippen LogP contribution in [0.4, 0.5) is 4.79 Å². The van der Waals surface area contributed by atoms with Crippen molar-refractivity contribution in [3.05, 3.63) is 23.8 Å². The molecule has 1 aromatic carbocycles. The lowest BCUT2D eigenvalue weighted by molar-refractivity contribution is 0.0390. The first-order chi connectivity index (χ1) is 19.9. The summed E-state index contributed by atoms with van der Waals surface area (Å²) in [7, 11) is 3.25. The van der Waals surface area contributed by atoms with Gasteiger partial charge in [0, 0.05) is 83.1 Å². The van der Waals surface area contributed by atoms with E-state index in [4.69, 9.17) is 23.7 Å². The van der Waals surface area contributed by atoms with Gasteiger partial charge in [-0.1, -0.05) is 0 Å². The quantitative estimate of drug-likeness (QED) is 0.315. The Balaban J connectivity index is 1.35. The maximum absolute atomic E-state index is 13.7. The Kier molecular flexibility index (Phi) is 11.9. The largest absolute Gasteiger partial charge is 0.493 e. The fourth-order valence-electron chi connectivity index (χ4n) is 5.68. The van der Waals surface area contributed by atoms with Crippen LogP contribution in [0.1, 0.15) is 56.3 Å². The van der Waals surface area contributed by atoms with Crippen molar-refractivity contribution in [3.63, 3.8) is 0 Å². The van der Waals surface area contributed by atoms with Gasteiger partial charge in [-0.2, -0.15) is 0 Å². The summed E-state index contributed by atoms with van der Waals surface area (Å²) in [6.07, 6.45) is 4.66. The van der Waals surface area contributed by atoms with Crippen LogP contribution in [0.15, 0.2) is 18.2 Å². The standard InChI is InChI=1S/C31H49N3O7/c1-22(2)33(30(35)24-6-9-28(38-4)29(16-24)40-13-5-12-37-3)20-25-17-32-18-26(25)21-41-31(36)34(27-7-8-27)19-23-10-14-39-15-11-23/h6,9,16,22-23,25-27,32H,5,7-8,10-15,17-21H2,1-4H3/t25-,26-/m0/s1. The molecule has 1 aromatic rings. The van der Waals surface area contributed by atoms with Crippen LogP contribution in [0, 0.1) is 17.8 Å². The Bertz CT molecular complexity index is 980. The second-order valence-electron chi connectivity index (χ2n) is 11.8.